The lowest BCUT2D eigenvalue weighted by Gasteiger charge is -2.35. The number of halogens is 1. The van der Waals surface area contributed by atoms with Gasteiger partial charge in [-0.05, 0) is 81.8 Å². The number of piperidine rings is 1. The van der Waals surface area contributed by atoms with Crippen LogP contribution in [0, 0.1) is 11.7 Å². The first-order valence-electron chi connectivity index (χ1n) is 13.6. The van der Waals surface area contributed by atoms with Gasteiger partial charge in [0.25, 0.3) is 5.91 Å². The van der Waals surface area contributed by atoms with Crippen molar-refractivity contribution in [3.05, 3.63) is 47.3 Å². The number of ether oxygens (including phenoxy) is 1. The zero-order chi connectivity index (χ0) is 30.1. The van der Waals surface area contributed by atoms with E-state index in [0.717, 1.165) is 6.26 Å². The summed E-state index contributed by atoms with van der Waals surface area (Å²) < 4.78 is 52.6. The highest BCUT2D eigenvalue weighted by Gasteiger charge is 2.32. The molecule has 0 saturated carbocycles. The van der Waals surface area contributed by atoms with Gasteiger partial charge in [-0.15, -0.1) is 0 Å². The molecular weight excluding hydrogens is 551 g/mol. The Hall–Kier alpha value is -3.67. The van der Waals surface area contributed by atoms with Gasteiger partial charge < -0.3 is 19.4 Å². The molecule has 0 unspecified atom stereocenters. The maximum absolute atomic E-state index is 13.6. The first kappa shape index (κ1) is 30.3. The number of likely N-dealkylation sites (tertiary alicyclic amines) is 1. The molecule has 1 aliphatic heterocycles. The molecule has 222 valence electrons. The third-order valence-corrected chi connectivity index (χ3v) is 8.13. The Morgan fingerprint density at radius 1 is 1.20 bits per heavy atom. The summed E-state index contributed by atoms with van der Waals surface area (Å²) in [6.45, 7) is 8.42. The zero-order valence-electron chi connectivity index (χ0n) is 24.3. The van der Waals surface area contributed by atoms with Gasteiger partial charge >= 0.3 is 6.09 Å². The Bertz CT molecular complexity index is 1540. The SMILES string of the molecule is CCc1cc2c(C(=O)NC)c(-c3ccc(F)cc3)oc2nc1N(CC1CCN(C(=O)OC(C)(C)C)CC1)S(C)(=O)=O. The number of aromatic nitrogens is 1. The van der Waals surface area contributed by atoms with Gasteiger partial charge in [-0.2, -0.15) is 4.98 Å². The van der Waals surface area contributed by atoms with E-state index >= 15 is 0 Å². The lowest BCUT2D eigenvalue weighted by molar-refractivity contribution is 0.0187. The average Bonchev–Trinajstić information content (AvgIpc) is 3.28. The molecule has 4 rings (SSSR count). The predicted octanol–water partition coefficient (Wildman–Crippen LogP) is 4.97. The van der Waals surface area contributed by atoms with Gasteiger partial charge in [0, 0.05) is 32.2 Å². The number of aryl methyl sites for hydroxylation is 1. The van der Waals surface area contributed by atoms with Crippen molar-refractivity contribution in [1.82, 2.24) is 15.2 Å². The molecule has 0 bridgehead atoms. The second-order valence-electron chi connectivity index (χ2n) is 11.3. The second kappa shape index (κ2) is 11.7. The standard InChI is InChI=1S/C29H37FN4O6S/c1-7-19-16-22-23(26(35)31-5)24(20-8-10-21(30)11-9-20)39-27(22)32-25(19)34(41(6,37)38)17-18-12-14-33(15-13-18)28(36)40-29(2,3)4/h8-11,16,18H,7,12-15,17H2,1-6H3,(H,31,35). The van der Waals surface area contributed by atoms with Gasteiger partial charge in [0.15, 0.2) is 0 Å². The second-order valence-corrected chi connectivity index (χ2v) is 13.2. The Kier molecular flexibility index (Phi) is 8.62. The first-order valence-corrected chi connectivity index (χ1v) is 15.5. The Morgan fingerprint density at radius 3 is 2.37 bits per heavy atom. The lowest BCUT2D eigenvalue weighted by atomic mass is 9.97. The molecule has 0 aliphatic carbocycles. The Labute approximate surface area is 239 Å². The summed E-state index contributed by atoms with van der Waals surface area (Å²) in [5.41, 5.74) is 0.860. The number of nitrogens with zero attached hydrogens (tertiary/aromatic N) is 3. The number of furan rings is 1. The molecule has 1 N–H and O–H groups in total. The number of hydrogen-bond donors (Lipinski definition) is 1. The Morgan fingerprint density at radius 2 is 1.83 bits per heavy atom. The van der Waals surface area contributed by atoms with E-state index in [-0.39, 0.29) is 41.4 Å². The van der Waals surface area contributed by atoms with Crippen LogP contribution in [0.25, 0.3) is 22.4 Å². The summed E-state index contributed by atoms with van der Waals surface area (Å²) in [4.78, 5) is 31.7. The fourth-order valence-corrected chi connectivity index (χ4v) is 5.88. The largest absolute Gasteiger partial charge is 0.444 e. The van der Waals surface area contributed by atoms with Crippen molar-refractivity contribution in [2.75, 3.05) is 37.2 Å². The normalized spacial score (nSPS) is 14.8. The van der Waals surface area contributed by atoms with Crippen LogP contribution >= 0.6 is 0 Å². The number of benzene rings is 1. The van der Waals surface area contributed by atoms with Gasteiger partial charge in [-0.3, -0.25) is 9.10 Å². The van der Waals surface area contributed by atoms with Crippen LogP contribution in [0.5, 0.6) is 0 Å². The van der Waals surface area contributed by atoms with E-state index in [2.05, 4.69) is 10.3 Å². The molecule has 1 aliphatic rings. The van der Waals surface area contributed by atoms with Gasteiger partial charge in [0.05, 0.1) is 17.2 Å². The molecule has 0 spiro atoms. The van der Waals surface area contributed by atoms with E-state index in [1.54, 1.807) is 11.0 Å². The van der Waals surface area contributed by atoms with E-state index in [9.17, 15) is 22.4 Å². The number of fused-ring (bicyclic) bond motifs is 1. The smallest absolute Gasteiger partial charge is 0.410 e. The molecule has 0 radical (unpaired) electrons. The van der Waals surface area contributed by atoms with Gasteiger partial charge in [-0.25, -0.2) is 17.6 Å². The van der Waals surface area contributed by atoms with Crippen molar-refractivity contribution in [3.8, 4) is 11.3 Å². The molecule has 2 amide bonds. The lowest BCUT2D eigenvalue weighted by Crippen LogP contribution is -2.44. The fourth-order valence-electron chi connectivity index (χ4n) is 4.92. The molecule has 3 aromatic rings. The molecule has 1 aromatic carbocycles. The van der Waals surface area contributed by atoms with Gasteiger partial charge in [0.1, 0.15) is 23.0 Å². The van der Waals surface area contributed by atoms with Crippen molar-refractivity contribution in [1.29, 1.82) is 0 Å². The fraction of sp³-hybridized carbons (Fsp3) is 0.483. The van der Waals surface area contributed by atoms with Crippen molar-refractivity contribution < 1.29 is 31.6 Å². The molecule has 0 atom stereocenters. The summed E-state index contributed by atoms with van der Waals surface area (Å²) in [5, 5.41) is 3.05. The molecular formula is C29H37FN4O6S. The predicted molar refractivity (Wildman–Crippen MR) is 155 cm³/mol. The van der Waals surface area contributed by atoms with Crippen LogP contribution in [0.3, 0.4) is 0 Å². The summed E-state index contributed by atoms with van der Waals surface area (Å²) in [7, 11) is -2.25. The number of carbonyl (C=O) groups is 2. The molecule has 12 heteroatoms. The highest BCUT2D eigenvalue weighted by atomic mass is 32.2. The van der Waals surface area contributed by atoms with Crippen molar-refractivity contribution in [2.45, 2.75) is 52.6 Å². The van der Waals surface area contributed by atoms with Crippen molar-refractivity contribution in [2.24, 2.45) is 5.92 Å². The topological polar surface area (TPSA) is 122 Å². The summed E-state index contributed by atoms with van der Waals surface area (Å²) in [6.07, 6.45) is 2.41. The van der Waals surface area contributed by atoms with Crippen LogP contribution in [-0.2, 0) is 21.2 Å². The number of sulfonamides is 1. The third-order valence-electron chi connectivity index (χ3n) is 7.01. The molecule has 2 aromatic heterocycles. The quantitative estimate of drug-likeness (QED) is 0.414. The number of nitrogens with one attached hydrogen (secondary N) is 1. The van der Waals surface area contributed by atoms with Gasteiger partial charge in [-0.1, -0.05) is 6.92 Å². The van der Waals surface area contributed by atoms with Crippen molar-refractivity contribution in [3.63, 3.8) is 0 Å². The zero-order valence-corrected chi connectivity index (χ0v) is 25.1. The number of amides is 2. The van der Waals surface area contributed by atoms with E-state index in [1.165, 1.54) is 35.6 Å². The molecule has 1 fully saturated rings. The average molecular weight is 589 g/mol. The van der Waals surface area contributed by atoms with Crippen LogP contribution in [0.15, 0.2) is 34.7 Å². The van der Waals surface area contributed by atoms with E-state index < -0.39 is 27.3 Å². The molecule has 3 heterocycles. The maximum Gasteiger partial charge on any atom is 0.410 e. The minimum absolute atomic E-state index is 0.0153. The minimum atomic E-state index is -3.75. The van der Waals surface area contributed by atoms with Gasteiger partial charge in [0.2, 0.25) is 15.7 Å². The summed E-state index contributed by atoms with van der Waals surface area (Å²) in [5.74, 6) is -0.401. The highest BCUT2D eigenvalue weighted by molar-refractivity contribution is 7.92. The monoisotopic (exact) mass is 588 g/mol. The Balaban J connectivity index is 1.69. The number of anilines is 1. The molecule has 41 heavy (non-hydrogen) atoms. The third kappa shape index (κ3) is 6.80. The number of carbonyl (C=O) groups excluding carboxylic acids is 2. The number of hydrogen-bond acceptors (Lipinski definition) is 7. The van der Waals surface area contributed by atoms with Crippen LogP contribution in [0.1, 0.15) is 56.5 Å². The number of pyridine rings is 1. The van der Waals surface area contributed by atoms with Crippen LogP contribution in [-0.4, -0.2) is 68.8 Å². The first-order chi connectivity index (χ1) is 19.2. The van der Waals surface area contributed by atoms with E-state index in [0.29, 0.717) is 48.9 Å². The van der Waals surface area contributed by atoms with Crippen LogP contribution in [0.2, 0.25) is 0 Å². The summed E-state index contributed by atoms with van der Waals surface area (Å²) in [6, 6.07) is 7.29. The van der Waals surface area contributed by atoms with E-state index in [1.807, 2.05) is 27.7 Å². The van der Waals surface area contributed by atoms with Crippen LogP contribution in [0.4, 0.5) is 15.0 Å². The summed E-state index contributed by atoms with van der Waals surface area (Å²) >= 11 is 0. The maximum atomic E-state index is 13.6. The van der Waals surface area contributed by atoms with Crippen LogP contribution < -0.4 is 9.62 Å². The minimum Gasteiger partial charge on any atom is -0.444 e. The van der Waals surface area contributed by atoms with Crippen molar-refractivity contribution >= 4 is 38.9 Å². The highest BCUT2D eigenvalue weighted by Crippen LogP contribution is 2.37. The molecule has 10 nitrogen and oxygen atoms in total. The van der Waals surface area contributed by atoms with E-state index in [4.69, 9.17) is 9.15 Å². The molecule has 1 saturated heterocycles. The number of rotatable bonds is 7.